The fourth-order valence-electron chi connectivity index (χ4n) is 3.78. The molecule has 0 amide bonds. The Hall–Kier alpha value is -1.38. The Kier molecular flexibility index (Phi) is 3.11. The van der Waals surface area contributed by atoms with Crippen LogP contribution in [0, 0.1) is 5.92 Å². The van der Waals surface area contributed by atoms with Crippen molar-refractivity contribution in [2.24, 2.45) is 5.92 Å². The smallest absolute Gasteiger partial charge is 0.127 e. The molecule has 2 atom stereocenters. The van der Waals surface area contributed by atoms with Gasteiger partial charge in [0.1, 0.15) is 24.9 Å². The molecule has 1 aliphatic carbocycles. The van der Waals surface area contributed by atoms with E-state index in [2.05, 4.69) is 40.8 Å². The quantitative estimate of drug-likeness (QED) is 0.627. The Morgan fingerprint density at radius 3 is 2.85 bits per heavy atom. The first-order valence-corrected chi connectivity index (χ1v) is 7.64. The van der Waals surface area contributed by atoms with Gasteiger partial charge in [0.25, 0.3) is 0 Å². The summed E-state index contributed by atoms with van der Waals surface area (Å²) in [7, 11) is 2.10. The summed E-state index contributed by atoms with van der Waals surface area (Å²) in [5, 5.41) is 10.5. The second kappa shape index (κ2) is 4.58. The van der Waals surface area contributed by atoms with E-state index in [4.69, 9.17) is 4.74 Å². The van der Waals surface area contributed by atoms with Crippen LogP contribution < -0.4 is 4.74 Å². The van der Waals surface area contributed by atoms with Gasteiger partial charge < -0.3 is 9.84 Å². The Bertz CT molecular complexity index is 575. The Balaban J connectivity index is 2.18. The lowest BCUT2D eigenvalue weighted by Gasteiger charge is -2.46. The lowest BCUT2D eigenvalue weighted by molar-refractivity contribution is 0.0107. The Morgan fingerprint density at radius 2 is 2.15 bits per heavy atom. The number of aromatic hydroxyl groups is 1. The molecule has 1 aromatic rings. The van der Waals surface area contributed by atoms with E-state index in [0.717, 1.165) is 36.0 Å². The minimum absolute atomic E-state index is 0.173. The van der Waals surface area contributed by atoms with Gasteiger partial charge >= 0.3 is 0 Å². The van der Waals surface area contributed by atoms with Gasteiger partial charge in [-0.25, -0.2) is 0 Å². The van der Waals surface area contributed by atoms with Crippen LogP contribution in [0.5, 0.6) is 11.5 Å². The van der Waals surface area contributed by atoms with Crippen LogP contribution in [-0.2, 0) is 6.32 Å². The molecule has 0 aromatic heterocycles. The van der Waals surface area contributed by atoms with Crippen LogP contribution in [0.1, 0.15) is 50.7 Å². The van der Waals surface area contributed by atoms with E-state index < -0.39 is 0 Å². The molecule has 1 heterocycles. The molecule has 3 rings (SSSR count). The summed E-state index contributed by atoms with van der Waals surface area (Å²) >= 11 is 0. The van der Waals surface area contributed by atoms with E-state index in [1.807, 2.05) is 6.07 Å². The third kappa shape index (κ3) is 2.04. The topological polar surface area (TPSA) is 29.5 Å². The van der Waals surface area contributed by atoms with Crippen molar-refractivity contribution < 1.29 is 9.84 Å². The van der Waals surface area contributed by atoms with Gasteiger partial charge in [0.2, 0.25) is 0 Å². The summed E-state index contributed by atoms with van der Waals surface area (Å²) in [5.74, 6) is 2.00. The molecule has 0 unspecified atom stereocenters. The van der Waals surface area contributed by atoms with Gasteiger partial charge in [-0.15, -0.1) is 0 Å². The molecule has 0 fully saturated rings. The zero-order valence-corrected chi connectivity index (χ0v) is 12.9. The predicted octanol–water partition coefficient (Wildman–Crippen LogP) is 3.14. The average Bonchev–Trinajstić information content (AvgIpc) is 2.36. The third-order valence-corrected chi connectivity index (χ3v) is 4.93. The summed E-state index contributed by atoms with van der Waals surface area (Å²) < 4.78 is 6.26. The third-order valence-electron chi connectivity index (χ3n) is 4.93. The van der Waals surface area contributed by atoms with Gasteiger partial charge in [0.15, 0.2) is 0 Å². The van der Waals surface area contributed by atoms with E-state index in [0.29, 0.717) is 11.7 Å². The van der Waals surface area contributed by atoms with Crippen molar-refractivity contribution in [3.63, 3.8) is 0 Å². The lowest BCUT2D eigenvalue weighted by atomic mass is 9.68. The van der Waals surface area contributed by atoms with Gasteiger partial charge in [0.05, 0.1) is 0 Å². The largest absolute Gasteiger partial charge is 0.507 e. The van der Waals surface area contributed by atoms with Crippen LogP contribution in [0.2, 0.25) is 0 Å². The Morgan fingerprint density at radius 1 is 1.40 bits per heavy atom. The van der Waals surface area contributed by atoms with Crippen LogP contribution in [-0.4, -0.2) is 18.6 Å². The van der Waals surface area contributed by atoms with E-state index in [-0.39, 0.29) is 11.5 Å². The van der Waals surface area contributed by atoms with Crippen LogP contribution >= 0.6 is 0 Å². The van der Waals surface area contributed by atoms with E-state index in [1.54, 1.807) is 0 Å². The molecular formula is C17H23BO2. The maximum Gasteiger partial charge on any atom is 0.127 e. The minimum Gasteiger partial charge on any atom is -0.507 e. The molecule has 3 heteroatoms. The monoisotopic (exact) mass is 270 g/mol. The summed E-state index contributed by atoms with van der Waals surface area (Å²) in [5.41, 5.74) is 3.37. The normalized spacial score (nSPS) is 27.1. The van der Waals surface area contributed by atoms with Gasteiger partial charge in [0, 0.05) is 17.4 Å². The summed E-state index contributed by atoms with van der Waals surface area (Å²) in [6, 6.07) is 4.00. The van der Waals surface area contributed by atoms with Crippen molar-refractivity contribution in [3.05, 3.63) is 34.9 Å². The van der Waals surface area contributed by atoms with Crippen LogP contribution in [0.4, 0.5) is 0 Å². The van der Waals surface area contributed by atoms with Crippen molar-refractivity contribution in [2.75, 3.05) is 0 Å². The zero-order valence-electron chi connectivity index (χ0n) is 12.9. The van der Waals surface area contributed by atoms with Gasteiger partial charge in [-0.2, -0.15) is 0 Å². The first-order valence-electron chi connectivity index (χ1n) is 7.64. The van der Waals surface area contributed by atoms with Crippen LogP contribution in [0.15, 0.2) is 23.8 Å². The summed E-state index contributed by atoms with van der Waals surface area (Å²) in [6.45, 7) is 6.55. The first kappa shape index (κ1) is 13.6. The molecule has 2 aliphatic rings. The molecule has 0 saturated carbocycles. The zero-order chi connectivity index (χ0) is 14.5. The van der Waals surface area contributed by atoms with Gasteiger partial charge in [-0.05, 0) is 51.3 Å². The molecule has 0 spiro atoms. The van der Waals surface area contributed by atoms with Gasteiger partial charge in [-0.1, -0.05) is 18.0 Å². The van der Waals surface area contributed by atoms with Crippen molar-refractivity contribution in [1.82, 2.24) is 0 Å². The lowest BCUT2D eigenvalue weighted by Crippen LogP contribution is -2.45. The number of benzene rings is 1. The number of phenols is 1. The molecule has 1 aromatic carbocycles. The average molecular weight is 270 g/mol. The number of ether oxygens (including phenoxy) is 1. The van der Waals surface area contributed by atoms with Gasteiger partial charge in [-0.3, -0.25) is 0 Å². The highest BCUT2D eigenvalue weighted by Crippen LogP contribution is 2.53. The summed E-state index contributed by atoms with van der Waals surface area (Å²) in [6.07, 6.45) is 5.52. The van der Waals surface area contributed by atoms with Crippen molar-refractivity contribution >= 4 is 7.85 Å². The minimum atomic E-state index is -0.173. The molecule has 1 N–H and O–H groups in total. The second-order valence-electron chi connectivity index (χ2n) is 6.77. The SMILES string of the molecule is BCc1cc(O)c2c(c1)OC(C)(C)[C@H]1CCC(C)=C[C@H]21. The highest BCUT2D eigenvalue weighted by Gasteiger charge is 2.45. The first-order chi connectivity index (χ1) is 9.42. The number of allylic oxidation sites excluding steroid dienone is 2. The summed E-state index contributed by atoms with van der Waals surface area (Å²) in [4.78, 5) is 0. The van der Waals surface area contributed by atoms with E-state index in [9.17, 15) is 5.11 Å². The van der Waals surface area contributed by atoms with Crippen LogP contribution in [0.25, 0.3) is 0 Å². The molecule has 2 nitrogen and oxygen atoms in total. The van der Waals surface area contributed by atoms with Crippen molar-refractivity contribution in [2.45, 2.75) is 51.5 Å². The maximum atomic E-state index is 10.5. The molecular weight excluding hydrogens is 247 g/mol. The number of hydrogen-bond acceptors (Lipinski definition) is 2. The van der Waals surface area contributed by atoms with Crippen LogP contribution in [0.3, 0.4) is 0 Å². The highest BCUT2D eigenvalue weighted by atomic mass is 16.5. The van der Waals surface area contributed by atoms with Crippen molar-refractivity contribution in [3.8, 4) is 11.5 Å². The fraction of sp³-hybridized carbons (Fsp3) is 0.529. The number of fused-ring (bicyclic) bond motifs is 3. The molecule has 106 valence electrons. The van der Waals surface area contributed by atoms with E-state index >= 15 is 0 Å². The molecule has 0 saturated heterocycles. The second-order valence-corrected chi connectivity index (χ2v) is 6.77. The maximum absolute atomic E-state index is 10.5. The predicted molar refractivity (Wildman–Crippen MR) is 84.3 cm³/mol. The van der Waals surface area contributed by atoms with E-state index in [1.165, 1.54) is 5.57 Å². The molecule has 0 radical (unpaired) electrons. The van der Waals surface area contributed by atoms with Crippen molar-refractivity contribution in [1.29, 1.82) is 0 Å². The number of phenolic OH excluding ortho intramolecular Hbond substituents is 1. The number of hydrogen-bond donors (Lipinski definition) is 1. The fourth-order valence-corrected chi connectivity index (χ4v) is 3.78. The highest BCUT2D eigenvalue weighted by molar-refractivity contribution is 6.08. The number of rotatable bonds is 1. The molecule has 1 aliphatic heterocycles. The molecule has 20 heavy (non-hydrogen) atoms. The molecule has 0 bridgehead atoms. The standard InChI is InChI=1S/C17H23BO2/c1-10-4-5-13-12(6-10)16-14(19)7-11(9-18)8-15(16)20-17(13,2)3/h6-8,12-13,19H,4-5,9,18H2,1-3H3/t12-,13-/m0/s1. The Labute approximate surface area is 122 Å².